The minimum absolute atomic E-state index is 0.151. The van der Waals surface area contributed by atoms with Crippen molar-refractivity contribution >= 4 is 11.7 Å². The molecule has 0 saturated heterocycles. The van der Waals surface area contributed by atoms with Crippen LogP contribution >= 0.6 is 0 Å². The van der Waals surface area contributed by atoms with Crippen molar-refractivity contribution in [1.82, 2.24) is 20.3 Å². The first kappa shape index (κ1) is 17.4. The summed E-state index contributed by atoms with van der Waals surface area (Å²) >= 11 is 0. The molecule has 0 saturated carbocycles. The number of nitrogens with zero attached hydrogens (tertiary/aromatic N) is 3. The van der Waals surface area contributed by atoms with E-state index in [0.29, 0.717) is 11.3 Å². The summed E-state index contributed by atoms with van der Waals surface area (Å²) < 4.78 is 27.9. The number of carbonyl (C=O) groups excluding carboxylic acids is 2. The Morgan fingerprint density at radius 1 is 1.04 bits per heavy atom. The lowest BCUT2D eigenvalue weighted by Crippen LogP contribution is -2.33. The highest BCUT2D eigenvalue weighted by Gasteiger charge is 2.15. The number of aromatic nitrogens is 3. The molecule has 0 aliphatic carbocycles. The number of carbonyl (C=O) groups is 2. The zero-order valence-corrected chi connectivity index (χ0v) is 13.5. The van der Waals surface area contributed by atoms with Crippen LogP contribution in [0, 0.1) is 11.6 Å². The Labute approximate surface area is 147 Å². The molecule has 0 atom stereocenters. The van der Waals surface area contributed by atoms with Gasteiger partial charge in [0.15, 0.2) is 0 Å². The van der Waals surface area contributed by atoms with Crippen LogP contribution in [0.25, 0.3) is 11.3 Å². The van der Waals surface area contributed by atoms with E-state index in [4.69, 9.17) is 0 Å². The van der Waals surface area contributed by atoms with E-state index in [2.05, 4.69) is 15.6 Å². The number of nitrogens with one attached hydrogen (secondary N) is 1. The number of amides is 1. The van der Waals surface area contributed by atoms with Gasteiger partial charge in [0.2, 0.25) is 5.78 Å². The number of benzene rings is 2. The smallest absolute Gasteiger partial charge is 0.292 e. The fourth-order valence-electron chi connectivity index (χ4n) is 2.33. The molecule has 26 heavy (non-hydrogen) atoms. The van der Waals surface area contributed by atoms with Gasteiger partial charge in [-0.25, -0.2) is 8.78 Å². The quantitative estimate of drug-likeness (QED) is 0.543. The van der Waals surface area contributed by atoms with E-state index in [1.54, 1.807) is 30.3 Å². The fraction of sp³-hybridized carbons (Fsp3) is 0.111. The van der Waals surface area contributed by atoms with Crippen LogP contribution in [0.4, 0.5) is 8.78 Å². The highest BCUT2D eigenvalue weighted by Crippen LogP contribution is 2.18. The Kier molecular flexibility index (Phi) is 5.12. The first-order chi connectivity index (χ1) is 12.5. The zero-order valence-electron chi connectivity index (χ0n) is 13.5. The van der Waals surface area contributed by atoms with Crippen LogP contribution in [-0.2, 0) is 11.3 Å². The second kappa shape index (κ2) is 7.64. The van der Waals surface area contributed by atoms with Gasteiger partial charge in [0.05, 0.1) is 12.7 Å². The highest BCUT2D eigenvalue weighted by atomic mass is 19.1. The minimum Gasteiger partial charge on any atom is -0.347 e. The molecule has 2 aromatic carbocycles. The van der Waals surface area contributed by atoms with E-state index < -0.39 is 23.3 Å². The molecule has 0 unspecified atom stereocenters. The van der Waals surface area contributed by atoms with Crippen molar-refractivity contribution in [3.05, 3.63) is 71.9 Å². The Morgan fingerprint density at radius 2 is 1.73 bits per heavy atom. The standard InChI is InChI=1S/C18H14F2N4O2/c19-14-8-13(9-15(20)10-14)16-11-24(23-22-16)7-6-21-18(26)17(25)12-4-2-1-3-5-12/h1-5,8-11H,6-7H2,(H,21,26). The van der Waals surface area contributed by atoms with Gasteiger partial charge in [-0.15, -0.1) is 5.10 Å². The van der Waals surface area contributed by atoms with E-state index in [1.807, 2.05) is 0 Å². The molecule has 3 rings (SSSR count). The van der Waals surface area contributed by atoms with Crippen LogP contribution in [0.1, 0.15) is 10.4 Å². The predicted octanol–water partition coefficient (Wildman–Crippen LogP) is 2.22. The lowest BCUT2D eigenvalue weighted by Gasteiger charge is -2.04. The van der Waals surface area contributed by atoms with E-state index >= 15 is 0 Å². The molecule has 0 spiro atoms. The molecular weight excluding hydrogens is 342 g/mol. The predicted molar refractivity (Wildman–Crippen MR) is 89.2 cm³/mol. The molecule has 8 heteroatoms. The van der Waals surface area contributed by atoms with Gasteiger partial charge in [-0.2, -0.15) is 0 Å². The molecule has 0 aliphatic heterocycles. The van der Waals surface area contributed by atoms with Crippen molar-refractivity contribution < 1.29 is 18.4 Å². The molecule has 0 aliphatic rings. The molecule has 0 fully saturated rings. The maximum atomic E-state index is 13.3. The summed E-state index contributed by atoms with van der Waals surface area (Å²) in [5.74, 6) is -2.76. The third kappa shape index (κ3) is 4.15. The summed E-state index contributed by atoms with van der Waals surface area (Å²) in [6, 6.07) is 11.3. The van der Waals surface area contributed by atoms with Crippen molar-refractivity contribution in [3.63, 3.8) is 0 Å². The topological polar surface area (TPSA) is 76.9 Å². The number of rotatable bonds is 6. The summed E-state index contributed by atoms with van der Waals surface area (Å²) in [6.07, 6.45) is 1.50. The number of halogens is 2. The van der Waals surface area contributed by atoms with Crippen LogP contribution in [0.15, 0.2) is 54.7 Å². The molecule has 1 N–H and O–H groups in total. The second-order valence-corrected chi connectivity index (χ2v) is 5.48. The second-order valence-electron chi connectivity index (χ2n) is 5.48. The normalized spacial score (nSPS) is 10.5. The monoisotopic (exact) mass is 356 g/mol. The molecule has 3 aromatic rings. The van der Waals surface area contributed by atoms with Gasteiger partial charge in [-0.3, -0.25) is 14.3 Å². The summed E-state index contributed by atoms with van der Waals surface area (Å²) in [5, 5.41) is 10.2. The van der Waals surface area contributed by atoms with Crippen molar-refractivity contribution in [2.24, 2.45) is 0 Å². The third-order valence-electron chi connectivity index (χ3n) is 3.57. The Balaban J connectivity index is 1.57. The van der Waals surface area contributed by atoms with Crippen molar-refractivity contribution in [1.29, 1.82) is 0 Å². The number of ketones is 1. The van der Waals surface area contributed by atoms with E-state index in [1.165, 1.54) is 10.9 Å². The highest BCUT2D eigenvalue weighted by molar-refractivity contribution is 6.42. The van der Waals surface area contributed by atoms with Crippen LogP contribution in [0.3, 0.4) is 0 Å². The molecule has 1 amide bonds. The Morgan fingerprint density at radius 3 is 2.42 bits per heavy atom. The van der Waals surface area contributed by atoms with Crippen molar-refractivity contribution in [3.8, 4) is 11.3 Å². The number of hydrogen-bond acceptors (Lipinski definition) is 4. The van der Waals surface area contributed by atoms with Gasteiger partial charge >= 0.3 is 0 Å². The van der Waals surface area contributed by atoms with Gasteiger partial charge in [-0.05, 0) is 12.1 Å². The summed E-state index contributed by atoms with van der Waals surface area (Å²) in [4.78, 5) is 23.8. The largest absolute Gasteiger partial charge is 0.347 e. The molecule has 0 bridgehead atoms. The van der Waals surface area contributed by atoms with Gasteiger partial charge in [-0.1, -0.05) is 35.5 Å². The van der Waals surface area contributed by atoms with Gasteiger partial charge in [0, 0.05) is 23.7 Å². The SMILES string of the molecule is O=C(NCCn1cc(-c2cc(F)cc(F)c2)nn1)C(=O)c1ccccc1. The summed E-state index contributed by atoms with van der Waals surface area (Å²) in [7, 11) is 0. The minimum atomic E-state index is -0.719. The Hall–Kier alpha value is -3.42. The average molecular weight is 356 g/mol. The zero-order chi connectivity index (χ0) is 18.5. The molecular formula is C18H14F2N4O2. The van der Waals surface area contributed by atoms with Crippen LogP contribution in [0.2, 0.25) is 0 Å². The first-order valence-corrected chi connectivity index (χ1v) is 7.77. The molecule has 1 aromatic heterocycles. The first-order valence-electron chi connectivity index (χ1n) is 7.77. The molecule has 132 valence electrons. The third-order valence-corrected chi connectivity index (χ3v) is 3.57. The van der Waals surface area contributed by atoms with Gasteiger partial charge in [0.1, 0.15) is 17.3 Å². The van der Waals surface area contributed by atoms with Crippen molar-refractivity contribution in [2.75, 3.05) is 6.54 Å². The molecule has 0 radical (unpaired) electrons. The van der Waals surface area contributed by atoms with E-state index in [9.17, 15) is 18.4 Å². The maximum absolute atomic E-state index is 13.3. The maximum Gasteiger partial charge on any atom is 0.292 e. The van der Waals surface area contributed by atoms with Crippen molar-refractivity contribution in [2.45, 2.75) is 6.54 Å². The Bertz CT molecular complexity index is 921. The number of hydrogen-bond donors (Lipinski definition) is 1. The van der Waals surface area contributed by atoms with E-state index in [0.717, 1.165) is 18.2 Å². The lowest BCUT2D eigenvalue weighted by atomic mass is 10.1. The molecule has 1 heterocycles. The summed E-state index contributed by atoms with van der Waals surface area (Å²) in [5.41, 5.74) is 0.869. The molecule has 6 nitrogen and oxygen atoms in total. The number of Topliss-reactive ketones (excluding diaryl/α,β-unsaturated/α-hetero) is 1. The summed E-state index contributed by atoms with van der Waals surface area (Å²) in [6.45, 7) is 0.399. The van der Waals surface area contributed by atoms with Crippen LogP contribution in [0.5, 0.6) is 0 Å². The van der Waals surface area contributed by atoms with Gasteiger partial charge in [0.25, 0.3) is 5.91 Å². The van der Waals surface area contributed by atoms with Crippen LogP contribution in [-0.4, -0.2) is 33.2 Å². The van der Waals surface area contributed by atoms with Crippen LogP contribution < -0.4 is 5.32 Å². The fourth-order valence-corrected chi connectivity index (χ4v) is 2.33. The lowest BCUT2D eigenvalue weighted by molar-refractivity contribution is -0.117. The van der Waals surface area contributed by atoms with Gasteiger partial charge < -0.3 is 5.32 Å². The van der Waals surface area contributed by atoms with E-state index in [-0.39, 0.29) is 18.7 Å². The average Bonchev–Trinajstić information content (AvgIpc) is 3.10.